The number of benzene rings is 2. The minimum absolute atomic E-state index is 0.102. The Morgan fingerprint density at radius 3 is 2.69 bits per heavy atom. The van der Waals surface area contributed by atoms with Gasteiger partial charge in [-0.25, -0.2) is 4.39 Å². The van der Waals surface area contributed by atoms with Crippen LogP contribution in [0.25, 0.3) is 10.9 Å². The van der Waals surface area contributed by atoms with Crippen LogP contribution >= 0.6 is 0 Å². The zero-order chi connectivity index (χ0) is 18.7. The van der Waals surface area contributed by atoms with E-state index in [1.807, 2.05) is 24.3 Å². The molecule has 134 valence electrons. The SMILES string of the molecule is COc1ccc(CC(=O)O[C@@H](C)C(=O)c2c[nH]c3ccccc23)cc1F. The third kappa shape index (κ3) is 3.59. The van der Waals surface area contributed by atoms with E-state index in [0.29, 0.717) is 11.1 Å². The molecule has 0 amide bonds. The number of aromatic amines is 1. The molecule has 0 bridgehead atoms. The lowest BCUT2D eigenvalue weighted by Crippen LogP contribution is -2.25. The lowest BCUT2D eigenvalue weighted by molar-refractivity contribution is -0.145. The first-order valence-electron chi connectivity index (χ1n) is 8.12. The molecule has 3 aromatic rings. The lowest BCUT2D eigenvalue weighted by atomic mass is 10.1. The van der Waals surface area contributed by atoms with Crippen LogP contribution in [0.4, 0.5) is 4.39 Å². The van der Waals surface area contributed by atoms with E-state index < -0.39 is 17.9 Å². The van der Waals surface area contributed by atoms with Crippen LogP contribution in [0.1, 0.15) is 22.8 Å². The second kappa shape index (κ2) is 7.39. The Morgan fingerprint density at radius 2 is 1.96 bits per heavy atom. The number of hydrogen-bond donors (Lipinski definition) is 1. The number of methoxy groups -OCH3 is 1. The van der Waals surface area contributed by atoms with Crippen LogP contribution in [0.5, 0.6) is 5.75 Å². The van der Waals surface area contributed by atoms with Crippen molar-refractivity contribution in [2.75, 3.05) is 7.11 Å². The first-order valence-corrected chi connectivity index (χ1v) is 8.12. The molecule has 1 N–H and O–H groups in total. The first kappa shape index (κ1) is 17.7. The van der Waals surface area contributed by atoms with E-state index in [1.165, 1.54) is 26.2 Å². The summed E-state index contributed by atoms with van der Waals surface area (Å²) in [7, 11) is 1.37. The first-order chi connectivity index (χ1) is 12.5. The number of carbonyl (C=O) groups is 2. The quantitative estimate of drug-likeness (QED) is 0.541. The van der Waals surface area contributed by atoms with Gasteiger partial charge < -0.3 is 14.5 Å². The van der Waals surface area contributed by atoms with Gasteiger partial charge in [0.15, 0.2) is 17.7 Å². The van der Waals surface area contributed by atoms with Crippen LogP contribution in [-0.2, 0) is 16.0 Å². The van der Waals surface area contributed by atoms with E-state index in [2.05, 4.69) is 4.98 Å². The fraction of sp³-hybridized carbons (Fsp3) is 0.200. The van der Waals surface area contributed by atoms with E-state index in [9.17, 15) is 14.0 Å². The van der Waals surface area contributed by atoms with Crippen LogP contribution < -0.4 is 4.74 Å². The zero-order valence-corrected chi connectivity index (χ0v) is 14.4. The van der Waals surface area contributed by atoms with Crippen LogP contribution in [0.2, 0.25) is 0 Å². The van der Waals surface area contributed by atoms with Gasteiger partial charge in [0, 0.05) is 22.7 Å². The number of H-pyrrole nitrogens is 1. The van der Waals surface area contributed by atoms with Gasteiger partial charge in [-0.05, 0) is 30.7 Å². The molecule has 0 fully saturated rings. The number of Topliss-reactive ketones (excluding diaryl/α,β-unsaturated/α-hetero) is 1. The molecule has 0 aliphatic heterocycles. The minimum Gasteiger partial charge on any atom is -0.494 e. The molecule has 6 heteroatoms. The van der Waals surface area contributed by atoms with Crippen molar-refractivity contribution in [2.45, 2.75) is 19.4 Å². The third-order valence-electron chi connectivity index (χ3n) is 4.10. The number of hydrogen-bond acceptors (Lipinski definition) is 4. The normalized spacial score (nSPS) is 12.0. The second-order valence-corrected chi connectivity index (χ2v) is 5.89. The van der Waals surface area contributed by atoms with Gasteiger partial charge in [0.1, 0.15) is 0 Å². The molecule has 1 atom stereocenters. The molecule has 0 radical (unpaired) electrons. The molecule has 26 heavy (non-hydrogen) atoms. The molecule has 0 unspecified atom stereocenters. The van der Waals surface area contributed by atoms with E-state index in [1.54, 1.807) is 12.3 Å². The predicted octanol–water partition coefficient (Wildman–Crippen LogP) is 3.67. The molecular formula is C20H18FNO4. The van der Waals surface area contributed by atoms with E-state index in [-0.39, 0.29) is 18.0 Å². The molecule has 0 saturated heterocycles. The van der Waals surface area contributed by atoms with Crippen molar-refractivity contribution >= 4 is 22.7 Å². The summed E-state index contributed by atoms with van der Waals surface area (Å²) >= 11 is 0. The summed E-state index contributed by atoms with van der Waals surface area (Å²) in [5.74, 6) is -1.35. The van der Waals surface area contributed by atoms with Gasteiger partial charge in [0.2, 0.25) is 5.78 Å². The van der Waals surface area contributed by atoms with Gasteiger partial charge >= 0.3 is 5.97 Å². The largest absolute Gasteiger partial charge is 0.494 e. The Labute approximate surface area is 149 Å². The summed E-state index contributed by atoms with van der Waals surface area (Å²) in [5, 5.41) is 0.776. The maximum Gasteiger partial charge on any atom is 0.310 e. The van der Waals surface area contributed by atoms with Gasteiger partial charge in [-0.3, -0.25) is 9.59 Å². The summed E-state index contributed by atoms with van der Waals surface area (Å²) in [5.41, 5.74) is 1.75. The van der Waals surface area contributed by atoms with Crippen molar-refractivity contribution in [2.24, 2.45) is 0 Å². The predicted molar refractivity (Wildman–Crippen MR) is 94.8 cm³/mol. The van der Waals surface area contributed by atoms with Gasteiger partial charge in [0.25, 0.3) is 0 Å². The number of para-hydroxylation sites is 1. The number of esters is 1. The molecule has 1 aromatic heterocycles. The molecule has 0 saturated carbocycles. The zero-order valence-electron chi connectivity index (χ0n) is 14.4. The monoisotopic (exact) mass is 355 g/mol. The Kier molecular flexibility index (Phi) is 5.02. The second-order valence-electron chi connectivity index (χ2n) is 5.89. The van der Waals surface area contributed by atoms with Crippen molar-refractivity contribution in [3.8, 4) is 5.75 Å². The smallest absolute Gasteiger partial charge is 0.310 e. The van der Waals surface area contributed by atoms with Crippen molar-refractivity contribution < 1.29 is 23.5 Å². The highest BCUT2D eigenvalue weighted by atomic mass is 19.1. The Morgan fingerprint density at radius 1 is 1.19 bits per heavy atom. The minimum atomic E-state index is -0.940. The number of ketones is 1. The topological polar surface area (TPSA) is 68.4 Å². The lowest BCUT2D eigenvalue weighted by Gasteiger charge is -2.12. The van der Waals surface area contributed by atoms with Crippen LogP contribution in [0.3, 0.4) is 0 Å². The average molecular weight is 355 g/mol. The highest BCUT2D eigenvalue weighted by molar-refractivity contribution is 6.10. The average Bonchev–Trinajstić information content (AvgIpc) is 3.05. The van der Waals surface area contributed by atoms with Crippen LogP contribution in [0, 0.1) is 5.82 Å². The fourth-order valence-electron chi connectivity index (χ4n) is 2.77. The standard InChI is InChI=1S/C20H18FNO4/c1-12(20(24)15-11-22-17-6-4-3-5-14(15)17)26-19(23)10-13-7-8-18(25-2)16(21)9-13/h3-9,11-12,22H,10H2,1-2H3/t12-/m0/s1. The molecule has 5 nitrogen and oxygen atoms in total. The van der Waals surface area contributed by atoms with Gasteiger partial charge in [-0.1, -0.05) is 24.3 Å². The number of fused-ring (bicyclic) bond motifs is 1. The number of nitrogens with one attached hydrogen (secondary N) is 1. The molecule has 1 heterocycles. The van der Waals surface area contributed by atoms with Crippen molar-refractivity contribution in [3.05, 3.63) is 65.6 Å². The highest BCUT2D eigenvalue weighted by Crippen LogP contribution is 2.21. The molecule has 0 aliphatic rings. The summed E-state index contributed by atoms with van der Waals surface area (Å²) in [6.45, 7) is 1.52. The Balaban J connectivity index is 1.67. The third-order valence-corrected chi connectivity index (χ3v) is 4.10. The maximum absolute atomic E-state index is 13.7. The van der Waals surface area contributed by atoms with Crippen molar-refractivity contribution in [3.63, 3.8) is 0 Å². The maximum atomic E-state index is 13.7. The van der Waals surface area contributed by atoms with E-state index >= 15 is 0 Å². The van der Waals surface area contributed by atoms with E-state index in [0.717, 1.165) is 10.9 Å². The number of rotatable bonds is 6. The number of carbonyl (C=O) groups excluding carboxylic acids is 2. The molecule has 0 aliphatic carbocycles. The van der Waals surface area contributed by atoms with Crippen molar-refractivity contribution in [1.29, 1.82) is 0 Å². The number of halogens is 1. The van der Waals surface area contributed by atoms with Gasteiger partial charge in [0.05, 0.1) is 13.5 Å². The van der Waals surface area contributed by atoms with Crippen molar-refractivity contribution in [1.82, 2.24) is 4.98 Å². The molecule has 3 rings (SSSR count). The Bertz CT molecular complexity index is 963. The summed E-state index contributed by atoms with van der Waals surface area (Å²) < 4.78 is 23.8. The summed E-state index contributed by atoms with van der Waals surface area (Å²) in [6, 6.07) is 11.6. The van der Waals surface area contributed by atoms with Gasteiger partial charge in [-0.15, -0.1) is 0 Å². The van der Waals surface area contributed by atoms with E-state index in [4.69, 9.17) is 9.47 Å². The summed E-state index contributed by atoms with van der Waals surface area (Å²) in [4.78, 5) is 27.7. The number of ether oxygens (including phenoxy) is 2. The number of aromatic nitrogens is 1. The van der Waals surface area contributed by atoms with Crippen LogP contribution in [0.15, 0.2) is 48.7 Å². The highest BCUT2D eigenvalue weighted by Gasteiger charge is 2.22. The molecule has 2 aromatic carbocycles. The fourth-order valence-corrected chi connectivity index (χ4v) is 2.77. The molecule has 0 spiro atoms. The van der Waals surface area contributed by atoms with Gasteiger partial charge in [-0.2, -0.15) is 0 Å². The summed E-state index contributed by atoms with van der Waals surface area (Å²) in [6.07, 6.45) is 0.535. The van der Waals surface area contributed by atoms with Crippen LogP contribution in [-0.4, -0.2) is 30.0 Å². The Hall–Kier alpha value is -3.15. The molecular weight excluding hydrogens is 337 g/mol.